The number of nitrogens with one attached hydrogen (secondary N) is 1. The minimum absolute atomic E-state index is 0.0955. The third kappa shape index (κ3) is 4.67. The average molecular weight is 315 g/mol. The first kappa shape index (κ1) is 16.7. The van der Waals surface area contributed by atoms with Crippen LogP contribution < -0.4 is 5.32 Å². The fraction of sp³-hybridized carbons (Fsp3) is 0.353. The van der Waals surface area contributed by atoms with Crippen LogP contribution in [0.4, 0.5) is 0 Å². The van der Waals surface area contributed by atoms with Gasteiger partial charge in [0.1, 0.15) is 0 Å². The van der Waals surface area contributed by atoms with Gasteiger partial charge in [-0.05, 0) is 44.5 Å². The Morgan fingerprint density at radius 1 is 1.26 bits per heavy atom. The number of carboxylic acids is 1. The molecule has 6 heteroatoms. The topological polar surface area (TPSA) is 84.2 Å². The van der Waals surface area contributed by atoms with Gasteiger partial charge >= 0.3 is 5.97 Å². The number of benzene rings is 1. The molecule has 0 saturated heterocycles. The van der Waals surface area contributed by atoms with E-state index in [9.17, 15) is 9.59 Å². The number of nitrogens with zero attached hydrogens (tertiary/aromatic N) is 2. The van der Waals surface area contributed by atoms with Crippen molar-refractivity contribution in [2.75, 3.05) is 0 Å². The monoisotopic (exact) mass is 315 g/mol. The number of aromatic nitrogens is 2. The number of aliphatic carboxylic acids is 1. The van der Waals surface area contributed by atoms with Gasteiger partial charge in [0.25, 0.3) is 5.91 Å². The molecule has 2 aromatic rings. The van der Waals surface area contributed by atoms with Crippen LogP contribution in [0.25, 0.3) is 0 Å². The molecule has 6 nitrogen and oxygen atoms in total. The maximum Gasteiger partial charge on any atom is 0.305 e. The van der Waals surface area contributed by atoms with Crippen LogP contribution in [-0.4, -0.2) is 32.8 Å². The van der Waals surface area contributed by atoms with Crippen LogP contribution in [0.3, 0.4) is 0 Å². The highest BCUT2D eigenvalue weighted by Crippen LogP contribution is 2.09. The van der Waals surface area contributed by atoms with Gasteiger partial charge in [0, 0.05) is 17.3 Å². The van der Waals surface area contributed by atoms with Gasteiger partial charge in [-0.2, -0.15) is 5.10 Å². The van der Waals surface area contributed by atoms with Crippen LogP contribution in [0.2, 0.25) is 0 Å². The average Bonchev–Trinajstić information content (AvgIpc) is 2.76. The van der Waals surface area contributed by atoms with Crippen molar-refractivity contribution >= 4 is 11.9 Å². The van der Waals surface area contributed by atoms with Crippen molar-refractivity contribution in [1.29, 1.82) is 0 Å². The molecule has 0 spiro atoms. The van der Waals surface area contributed by atoms with Crippen LogP contribution in [-0.2, 0) is 11.3 Å². The zero-order chi connectivity index (χ0) is 17.0. The lowest BCUT2D eigenvalue weighted by Gasteiger charge is -2.12. The predicted octanol–water partition coefficient (Wildman–Crippen LogP) is 2.14. The summed E-state index contributed by atoms with van der Waals surface area (Å²) >= 11 is 0. The summed E-state index contributed by atoms with van der Waals surface area (Å²) in [5, 5.41) is 15.8. The van der Waals surface area contributed by atoms with Crippen molar-refractivity contribution in [2.24, 2.45) is 0 Å². The summed E-state index contributed by atoms with van der Waals surface area (Å²) in [4.78, 5) is 22.7. The van der Waals surface area contributed by atoms with Gasteiger partial charge in [-0.15, -0.1) is 0 Å². The highest BCUT2D eigenvalue weighted by molar-refractivity contribution is 5.94. The largest absolute Gasteiger partial charge is 0.481 e. The quantitative estimate of drug-likeness (QED) is 0.855. The number of aryl methyl sites for hydroxylation is 2. The molecule has 122 valence electrons. The second-order valence-corrected chi connectivity index (χ2v) is 5.75. The van der Waals surface area contributed by atoms with Crippen LogP contribution in [0, 0.1) is 13.8 Å². The van der Waals surface area contributed by atoms with E-state index in [0.29, 0.717) is 12.1 Å². The summed E-state index contributed by atoms with van der Waals surface area (Å²) in [7, 11) is 0. The number of hydrogen-bond acceptors (Lipinski definition) is 3. The molecule has 0 aliphatic rings. The first-order chi connectivity index (χ1) is 10.8. The normalized spacial score (nSPS) is 12.0. The van der Waals surface area contributed by atoms with Gasteiger partial charge in [-0.3, -0.25) is 14.3 Å². The molecule has 0 bridgehead atoms. The lowest BCUT2D eigenvalue weighted by molar-refractivity contribution is -0.137. The fourth-order valence-electron chi connectivity index (χ4n) is 2.39. The van der Waals surface area contributed by atoms with Crippen molar-refractivity contribution in [1.82, 2.24) is 15.1 Å². The van der Waals surface area contributed by atoms with E-state index in [4.69, 9.17) is 5.11 Å². The zero-order valence-corrected chi connectivity index (χ0v) is 13.5. The number of hydrogen-bond donors (Lipinski definition) is 2. The van der Waals surface area contributed by atoms with E-state index >= 15 is 0 Å². The van der Waals surface area contributed by atoms with Crippen LogP contribution >= 0.6 is 0 Å². The van der Waals surface area contributed by atoms with E-state index in [1.807, 2.05) is 36.7 Å². The third-order valence-electron chi connectivity index (χ3n) is 3.51. The molecule has 1 unspecified atom stereocenters. The third-order valence-corrected chi connectivity index (χ3v) is 3.51. The molecule has 1 amide bonds. The molecule has 23 heavy (non-hydrogen) atoms. The molecule has 2 N–H and O–H groups in total. The standard InChI is InChI=1S/C17H21N3O3/c1-11(9-16(21)22)18-17(23)15-6-4-14(5-7-15)10-20-13(3)8-12(2)19-20/h4-8,11H,9-10H2,1-3H3,(H,18,23)(H,21,22). The summed E-state index contributed by atoms with van der Waals surface area (Å²) in [5.41, 5.74) is 3.63. The van der Waals surface area contributed by atoms with Gasteiger partial charge in [0.05, 0.1) is 18.7 Å². The molecule has 0 aliphatic carbocycles. The lowest BCUT2D eigenvalue weighted by atomic mass is 10.1. The first-order valence-corrected chi connectivity index (χ1v) is 7.48. The number of carboxylic acid groups (broad SMARTS) is 1. The summed E-state index contributed by atoms with van der Waals surface area (Å²) in [6.07, 6.45) is -0.0955. The predicted molar refractivity (Wildman–Crippen MR) is 86.4 cm³/mol. The Kier molecular flexibility index (Phi) is 5.16. The van der Waals surface area contributed by atoms with Crippen LogP contribution in [0.1, 0.15) is 40.7 Å². The zero-order valence-electron chi connectivity index (χ0n) is 13.5. The molecule has 0 fully saturated rings. The molecule has 1 atom stereocenters. The van der Waals surface area contributed by atoms with Gasteiger partial charge in [-0.1, -0.05) is 12.1 Å². The smallest absolute Gasteiger partial charge is 0.305 e. The summed E-state index contributed by atoms with van der Waals surface area (Å²) < 4.78 is 1.92. The van der Waals surface area contributed by atoms with E-state index in [1.165, 1.54) is 0 Å². The minimum atomic E-state index is -0.932. The maximum atomic E-state index is 12.0. The molecule has 1 aromatic carbocycles. The van der Waals surface area contributed by atoms with E-state index in [1.54, 1.807) is 19.1 Å². The second-order valence-electron chi connectivity index (χ2n) is 5.75. The number of amides is 1. The molecular weight excluding hydrogens is 294 g/mol. The molecule has 0 aliphatic heterocycles. The van der Waals surface area contributed by atoms with E-state index in [2.05, 4.69) is 10.4 Å². The van der Waals surface area contributed by atoms with Crippen molar-refractivity contribution in [3.8, 4) is 0 Å². The van der Waals surface area contributed by atoms with Crippen LogP contribution in [0.5, 0.6) is 0 Å². The molecule has 0 radical (unpaired) electrons. The van der Waals surface area contributed by atoms with Gasteiger partial charge in [-0.25, -0.2) is 0 Å². The van der Waals surface area contributed by atoms with Crippen molar-refractivity contribution in [3.63, 3.8) is 0 Å². The molecular formula is C17H21N3O3. The maximum absolute atomic E-state index is 12.0. The SMILES string of the molecule is Cc1cc(C)n(Cc2ccc(C(=O)NC(C)CC(=O)O)cc2)n1. The van der Waals surface area contributed by atoms with E-state index in [-0.39, 0.29) is 12.3 Å². The Hall–Kier alpha value is -2.63. The molecule has 0 saturated carbocycles. The van der Waals surface area contributed by atoms with E-state index in [0.717, 1.165) is 17.0 Å². The second kappa shape index (κ2) is 7.09. The molecule has 1 aromatic heterocycles. The summed E-state index contributed by atoms with van der Waals surface area (Å²) in [6, 6.07) is 8.86. The Morgan fingerprint density at radius 2 is 1.91 bits per heavy atom. The highest BCUT2D eigenvalue weighted by atomic mass is 16.4. The van der Waals surface area contributed by atoms with Gasteiger partial charge < -0.3 is 10.4 Å². The Bertz CT molecular complexity index is 704. The van der Waals surface area contributed by atoms with Crippen molar-refractivity contribution in [2.45, 2.75) is 39.8 Å². The highest BCUT2D eigenvalue weighted by Gasteiger charge is 2.12. The van der Waals surface area contributed by atoms with Gasteiger partial charge in [0.2, 0.25) is 0 Å². The lowest BCUT2D eigenvalue weighted by Crippen LogP contribution is -2.34. The van der Waals surface area contributed by atoms with Crippen molar-refractivity contribution in [3.05, 3.63) is 52.8 Å². The number of carbonyl (C=O) groups is 2. The first-order valence-electron chi connectivity index (χ1n) is 7.48. The van der Waals surface area contributed by atoms with Crippen molar-refractivity contribution < 1.29 is 14.7 Å². The van der Waals surface area contributed by atoms with Gasteiger partial charge in [0.15, 0.2) is 0 Å². The summed E-state index contributed by atoms with van der Waals surface area (Å²) in [5.74, 6) is -1.20. The Balaban J connectivity index is 2.00. The molecule has 1 heterocycles. The Labute approximate surface area is 135 Å². The number of rotatable bonds is 6. The fourth-order valence-corrected chi connectivity index (χ4v) is 2.39. The van der Waals surface area contributed by atoms with Crippen LogP contribution in [0.15, 0.2) is 30.3 Å². The van der Waals surface area contributed by atoms with E-state index < -0.39 is 12.0 Å². The Morgan fingerprint density at radius 3 is 2.43 bits per heavy atom. The number of carbonyl (C=O) groups excluding carboxylic acids is 1. The summed E-state index contributed by atoms with van der Waals surface area (Å²) in [6.45, 7) is 6.28. The molecule has 2 rings (SSSR count). The minimum Gasteiger partial charge on any atom is -0.481 e.